The van der Waals surface area contributed by atoms with Gasteiger partial charge in [0.05, 0.1) is 13.0 Å². The van der Waals surface area contributed by atoms with Gasteiger partial charge in [-0.2, -0.15) is 0 Å². The summed E-state index contributed by atoms with van der Waals surface area (Å²) >= 11 is 0. The summed E-state index contributed by atoms with van der Waals surface area (Å²) in [5, 5.41) is 0. The molecule has 1 rings (SSSR count). The summed E-state index contributed by atoms with van der Waals surface area (Å²) in [5.74, 6) is -0.539. The van der Waals surface area contributed by atoms with Crippen LogP contribution in [0.2, 0.25) is 0 Å². The molecule has 1 aromatic carbocycles. The number of hydrogen-bond donors (Lipinski definition) is 0. The average molecular weight is 224 g/mol. The molecule has 0 aliphatic carbocycles. The molecule has 0 heterocycles. The van der Waals surface area contributed by atoms with Crippen LogP contribution in [-0.2, 0) is 16.0 Å². The summed E-state index contributed by atoms with van der Waals surface area (Å²) in [6, 6.07) is 5.89. The molecule has 88 valence electrons. The van der Waals surface area contributed by atoms with Crippen LogP contribution >= 0.6 is 0 Å². The lowest BCUT2D eigenvalue weighted by Crippen LogP contribution is -2.09. The van der Waals surface area contributed by atoms with Crippen molar-refractivity contribution in [2.45, 2.75) is 32.6 Å². The molecule has 0 N–H and O–H groups in total. The van der Waals surface area contributed by atoms with Gasteiger partial charge in [0.15, 0.2) is 0 Å². The molecule has 0 atom stereocenters. The first-order valence-corrected chi connectivity index (χ1v) is 5.62. The summed E-state index contributed by atoms with van der Waals surface area (Å²) in [5.41, 5.74) is 0.780. The fraction of sp³-hybridized carbons (Fsp3) is 0.462. The molecule has 0 aliphatic heterocycles. The fourth-order valence-electron chi connectivity index (χ4n) is 1.36. The highest BCUT2D eigenvalue weighted by Gasteiger charge is 2.04. The molecule has 0 fully saturated rings. The summed E-state index contributed by atoms with van der Waals surface area (Å²) in [4.78, 5) is 11.3. The highest BCUT2D eigenvalue weighted by atomic mass is 19.1. The van der Waals surface area contributed by atoms with E-state index in [4.69, 9.17) is 4.74 Å². The van der Waals surface area contributed by atoms with Gasteiger partial charge in [-0.1, -0.05) is 31.9 Å². The number of hydrogen-bond acceptors (Lipinski definition) is 2. The Morgan fingerprint density at radius 3 is 2.56 bits per heavy atom. The molecule has 0 amide bonds. The second-order valence-electron chi connectivity index (χ2n) is 3.73. The Balaban J connectivity index is 2.26. The molecule has 0 aromatic heterocycles. The molecule has 16 heavy (non-hydrogen) atoms. The number of carbonyl (C=O) groups is 1. The SMILES string of the molecule is CCCCCOC(=O)Cc1ccc(F)cc1. The quantitative estimate of drug-likeness (QED) is 0.548. The third-order valence-electron chi connectivity index (χ3n) is 2.27. The van der Waals surface area contributed by atoms with Crippen LogP contribution in [0.15, 0.2) is 24.3 Å². The molecule has 0 saturated carbocycles. The summed E-state index contributed by atoms with van der Waals surface area (Å²) in [6.07, 6.45) is 3.30. The van der Waals surface area contributed by atoms with Crippen LogP contribution in [0.4, 0.5) is 4.39 Å². The molecular formula is C13H17FO2. The zero-order valence-electron chi connectivity index (χ0n) is 9.54. The predicted octanol–water partition coefficient (Wildman–Crippen LogP) is 3.10. The average Bonchev–Trinajstić information content (AvgIpc) is 2.28. The van der Waals surface area contributed by atoms with Gasteiger partial charge in [-0.3, -0.25) is 4.79 Å². The van der Waals surface area contributed by atoms with Crippen LogP contribution in [0.25, 0.3) is 0 Å². The minimum absolute atomic E-state index is 0.215. The number of carbonyl (C=O) groups excluding carboxylic acids is 1. The largest absolute Gasteiger partial charge is 0.465 e. The van der Waals surface area contributed by atoms with E-state index in [0.29, 0.717) is 6.61 Å². The molecule has 0 unspecified atom stereocenters. The van der Waals surface area contributed by atoms with Gasteiger partial charge in [-0.15, -0.1) is 0 Å². The second kappa shape index (κ2) is 6.99. The van der Waals surface area contributed by atoms with E-state index >= 15 is 0 Å². The van der Waals surface area contributed by atoms with Crippen LogP contribution in [-0.4, -0.2) is 12.6 Å². The van der Waals surface area contributed by atoms with Gasteiger partial charge < -0.3 is 4.74 Å². The summed E-state index contributed by atoms with van der Waals surface area (Å²) < 4.78 is 17.6. The predicted molar refractivity (Wildman–Crippen MR) is 60.6 cm³/mol. The Morgan fingerprint density at radius 2 is 1.94 bits per heavy atom. The first-order chi connectivity index (χ1) is 7.72. The van der Waals surface area contributed by atoms with Crippen molar-refractivity contribution in [1.82, 2.24) is 0 Å². The van der Waals surface area contributed by atoms with Crippen molar-refractivity contribution in [1.29, 1.82) is 0 Å². The molecule has 1 aromatic rings. The van der Waals surface area contributed by atoms with E-state index in [-0.39, 0.29) is 18.2 Å². The minimum Gasteiger partial charge on any atom is -0.465 e. The number of rotatable bonds is 6. The molecule has 0 saturated heterocycles. The number of halogens is 1. The lowest BCUT2D eigenvalue weighted by molar-refractivity contribution is -0.142. The van der Waals surface area contributed by atoms with Crippen molar-refractivity contribution < 1.29 is 13.9 Å². The number of benzene rings is 1. The highest BCUT2D eigenvalue weighted by Crippen LogP contribution is 2.04. The van der Waals surface area contributed by atoms with E-state index in [0.717, 1.165) is 24.8 Å². The van der Waals surface area contributed by atoms with Crippen molar-refractivity contribution in [2.24, 2.45) is 0 Å². The Kier molecular flexibility index (Phi) is 5.54. The van der Waals surface area contributed by atoms with Crippen molar-refractivity contribution in [3.8, 4) is 0 Å². The van der Waals surface area contributed by atoms with E-state index in [1.165, 1.54) is 12.1 Å². The van der Waals surface area contributed by atoms with E-state index in [1.807, 2.05) is 0 Å². The Labute approximate surface area is 95.4 Å². The summed E-state index contributed by atoms with van der Waals surface area (Å²) in [7, 11) is 0. The van der Waals surface area contributed by atoms with Crippen molar-refractivity contribution in [3.63, 3.8) is 0 Å². The number of esters is 1. The van der Waals surface area contributed by atoms with Crippen LogP contribution < -0.4 is 0 Å². The van der Waals surface area contributed by atoms with Gasteiger partial charge in [0.1, 0.15) is 5.82 Å². The molecule has 2 nitrogen and oxygen atoms in total. The lowest BCUT2D eigenvalue weighted by atomic mass is 10.1. The maximum Gasteiger partial charge on any atom is 0.310 e. The van der Waals surface area contributed by atoms with Gasteiger partial charge >= 0.3 is 5.97 Å². The Bertz CT molecular complexity index is 319. The molecule has 0 bridgehead atoms. The van der Waals surface area contributed by atoms with Crippen LogP contribution in [0, 0.1) is 5.82 Å². The molecule has 3 heteroatoms. The van der Waals surface area contributed by atoms with Crippen molar-refractivity contribution in [3.05, 3.63) is 35.6 Å². The molecule has 0 spiro atoms. The van der Waals surface area contributed by atoms with Crippen LogP contribution in [0.1, 0.15) is 31.7 Å². The highest BCUT2D eigenvalue weighted by molar-refractivity contribution is 5.72. The first-order valence-electron chi connectivity index (χ1n) is 5.62. The van der Waals surface area contributed by atoms with E-state index in [2.05, 4.69) is 6.92 Å². The zero-order valence-corrected chi connectivity index (χ0v) is 9.54. The second-order valence-corrected chi connectivity index (χ2v) is 3.73. The summed E-state index contributed by atoms with van der Waals surface area (Å²) in [6.45, 7) is 2.58. The first kappa shape index (κ1) is 12.7. The van der Waals surface area contributed by atoms with Crippen molar-refractivity contribution >= 4 is 5.97 Å². The van der Waals surface area contributed by atoms with E-state index in [9.17, 15) is 9.18 Å². The maximum atomic E-state index is 12.6. The van der Waals surface area contributed by atoms with Crippen LogP contribution in [0.3, 0.4) is 0 Å². The Hall–Kier alpha value is -1.38. The van der Waals surface area contributed by atoms with Crippen LogP contribution in [0.5, 0.6) is 0 Å². The van der Waals surface area contributed by atoms with Gasteiger partial charge in [0.25, 0.3) is 0 Å². The van der Waals surface area contributed by atoms with E-state index < -0.39 is 0 Å². The number of unbranched alkanes of at least 4 members (excludes halogenated alkanes) is 2. The smallest absolute Gasteiger partial charge is 0.310 e. The van der Waals surface area contributed by atoms with Gasteiger partial charge in [-0.25, -0.2) is 4.39 Å². The van der Waals surface area contributed by atoms with E-state index in [1.54, 1.807) is 12.1 Å². The molecule has 0 aliphatic rings. The Morgan fingerprint density at radius 1 is 1.25 bits per heavy atom. The number of ether oxygens (including phenoxy) is 1. The molecule has 0 radical (unpaired) electrons. The monoisotopic (exact) mass is 224 g/mol. The lowest BCUT2D eigenvalue weighted by Gasteiger charge is -2.04. The normalized spacial score (nSPS) is 10.1. The fourth-order valence-corrected chi connectivity index (χ4v) is 1.36. The standard InChI is InChI=1S/C13H17FO2/c1-2-3-4-9-16-13(15)10-11-5-7-12(14)8-6-11/h5-8H,2-4,9-10H2,1H3. The third kappa shape index (κ3) is 4.91. The molecular weight excluding hydrogens is 207 g/mol. The van der Waals surface area contributed by atoms with Crippen molar-refractivity contribution in [2.75, 3.05) is 6.61 Å². The minimum atomic E-state index is -0.292. The maximum absolute atomic E-state index is 12.6. The van der Waals surface area contributed by atoms with Gasteiger partial charge in [0.2, 0.25) is 0 Å². The van der Waals surface area contributed by atoms with Gasteiger partial charge in [0, 0.05) is 0 Å². The van der Waals surface area contributed by atoms with Gasteiger partial charge in [-0.05, 0) is 24.1 Å². The zero-order chi connectivity index (χ0) is 11.8. The topological polar surface area (TPSA) is 26.3 Å². The third-order valence-corrected chi connectivity index (χ3v) is 2.27.